The minimum Gasteiger partial charge on any atom is -0.343 e. The summed E-state index contributed by atoms with van der Waals surface area (Å²) in [6.45, 7) is 5.76. The molecule has 4 heterocycles. The maximum absolute atomic E-state index is 14.4. The number of fused-ring (bicyclic) bond motifs is 2. The Bertz CT molecular complexity index is 1710. The van der Waals surface area contributed by atoms with Crippen LogP contribution in [0.4, 0.5) is 11.5 Å². The molecule has 2 fully saturated rings. The summed E-state index contributed by atoms with van der Waals surface area (Å²) in [5.74, 6) is 0.606. The zero-order valence-corrected chi connectivity index (χ0v) is 29.2. The molecule has 0 bridgehead atoms. The first-order valence-corrected chi connectivity index (χ1v) is 17.9. The molecule has 2 saturated heterocycles. The summed E-state index contributed by atoms with van der Waals surface area (Å²) in [5, 5.41) is 12.5. The average Bonchev–Trinajstić information content (AvgIpc) is 3.10. The van der Waals surface area contributed by atoms with Crippen LogP contribution in [-0.4, -0.2) is 78.2 Å². The molecule has 264 valence electrons. The van der Waals surface area contributed by atoms with Gasteiger partial charge < -0.3 is 31.1 Å². The molecule has 4 N–H and O–H groups in total. The maximum Gasteiger partial charge on any atom is 0.244 e. The molecule has 0 saturated carbocycles. The number of carbonyl (C=O) groups excluding carboxylic acids is 4. The van der Waals surface area contributed by atoms with Crippen LogP contribution in [0.25, 0.3) is 0 Å². The topological polar surface area (TPSA) is 136 Å². The molecule has 11 heteroatoms. The van der Waals surface area contributed by atoms with Gasteiger partial charge in [-0.05, 0) is 97.8 Å². The van der Waals surface area contributed by atoms with E-state index in [4.69, 9.17) is 0 Å². The van der Waals surface area contributed by atoms with Gasteiger partial charge in [0.05, 0.1) is 6.42 Å². The number of aromatic nitrogens is 1. The quantitative estimate of drug-likeness (QED) is 0.256. The zero-order valence-electron chi connectivity index (χ0n) is 29.2. The summed E-state index contributed by atoms with van der Waals surface area (Å²) >= 11 is 0. The van der Waals surface area contributed by atoms with Gasteiger partial charge in [0.25, 0.3) is 0 Å². The van der Waals surface area contributed by atoms with Gasteiger partial charge in [0.2, 0.25) is 23.6 Å². The Kier molecular flexibility index (Phi) is 11.2. The highest BCUT2D eigenvalue weighted by molar-refractivity contribution is 5.96. The van der Waals surface area contributed by atoms with Crippen molar-refractivity contribution < 1.29 is 19.2 Å². The number of anilines is 2. The summed E-state index contributed by atoms with van der Waals surface area (Å²) in [7, 11) is 1.88. The van der Waals surface area contributed by atoms with Crippen LogP contribution in [0.15, 0.2) is 60.8 Å². The van der Waals surface area contributed by atoms with Crippen molar-refractivity contribution in [2.75, 3.05) is 50.4 Å². The summed E-state index contributed by atoms with van der Waals surface area (Å²) in [6, 6.07) is 17.4. The number of nitrogens with zero attached hydrogens (tertiary/aromatic N) is 3. The molecule has 0 aliphatic carbocycles. The van der Waals surface area contributed by atoms with Crippen molar-refractivity contribution in [3.05, 3.63) is 88.6 Å². The van der Waals surface area contributed by atoms with E-state index in [0.29, 0.717) is 62.7 Å². The van der Waals surface area contributed by atoms with E-state index < -0.39 is 5.41 Å². The fourth-order valence-corrected chi connectivity index (χ4v) is 7.45. The smallest absolute Gasteiger partial charge is 0.244 e. The molecule has 1 aromatic heterocycles. The number of piperidine rings is 2. The number of carbonyl (C=O) groups is 4. The number of likely N-dealkylation sites (tertiary alicyclic amines) is 1. The lowest BCUT2D eigenvalue weighted by Crippen LogP contribution is -2.51. The van der Waals surface area contributed by atoms with Crippen LogP contribution < -0.4 is 21.3 Å². The van der Waals surface area contributed by atoms with Gasteiger partial charge in [-0.15, -0.1) is 0 Å². The molecule has 3 aliphatic rings. The summed E-state index contributed by atoms with van der Waals surface area (Å²) in [6.07, 6.45) is 6.15. The molecule has 50 heavy (non-hydrogen) atoms. The maximum atomic E-state index is 14.4. The standard InChI is InChI=1S/C39H49N7O4/c1-39(13-18-45(19-14-39)36(49)20-27-11-16-41-17-12-27)38(50)46(25-31-7-4-3-6-30(31)24-40-2)26-35(48)43-33-10-9-28-21-29-8-5-15-42-37(29)44-34(47)23-32(28)22-33/h3-10,15,22,27,40-41H,11-14,16-21,23-26H2,1-2H3,(H,43,48)(H,42,44,47). The number of hydrogen-bond donors (Lipinski definition) is 4. The van der Waals surface area contributed by atoms with Gasteiger partial charge in [0.15, 0.2) is 0 Å². The van der Waals surface area contributed by atoms with Crippen molar-refractivity contribution in [3.8, 4) is 0 Å². The first-order valence-electron chi connectivity index (χ1n) is 17.9. The lowest BCUT2D eigenvalue weighted by atomic mass is 9.78. The molecule has 11 nitrogen and oxygen atoms in total. The van der Waals surface area contributed by atoms with Crippen molar-refractivity contribution >= 4 is 35.1 Å². The highest BCUT2D eigenvalue weighted by Gasteiger charge is 2.41. The van der Waals surface area contributed by atoms with Crippen molar-refractivity contribution in [2.24, 2.45) is 11.3 Å². The number of benzene rings is 2. The number of pyridine rings is 1. The van der Waals surface area contributed by atoms with Crippen LogP contribution in [0.2, 0.25) is 0 Å². The molecule has 3 aromatic rings. The summed E-state index contributed by atoms with van der Waals surface area (Å²) < 4.78 is 0. The molecule has 3 aliphatic heterocycles. The molecule has 2 aromatic carbocycles. The molecule has 0 radical (unpaired) electrons. The van der Waals surface area contributed by atoms with E-state index in [1.54, 1.807) is 11.1 Å². The highest BCUT2D eigenvalue weighted by Crippen LogP contribution is 2.35. The Morgan fingerprint density at radius 1 is 0.960 bits per heavy atom. The third-order valence-electron chi connectivity index (χ3n) is 10.5. The second kappa shape index (κ2) is 15.9. The van der Waals surface area contributed by atoms with Gasteiger partial charge in [-0.3, -0.25) is 19.2 Å². The Morgan fingerprint density at radius 3 is 2.48 bits per heavy atom. The Morgan fingerprint density at radius 2 is 1.72 bits per heavy atom. The SMILES string of the molecule is CNCc1ccccc1CN(CC(=O)Nc1ccc2c(c1)CC(=O)Nc1ncccc1C2)C(=O)C1(C)CCN(C(=O)CC2CCNCC2)CC1. The molecule has 0 spiro atoms. The molecule has 4 amide bonds. The number of amides is 4. The Hall–Kier alpha value is -4.61. The van der Waals surface area contributed by atoms with Crippen LogP contribution in [0.1, 0.15) is 66.8 Å². The number of rotatable bonds is 10. The van der Waals surface area contributed by atoms with Crippen molar-refractivity contribution in [1.82, 2.24) is 25.4 Å². The van der Waals surface area contributed by atoms with Gasteiger partial charge >= 0.3 is 0 Å². The van der Waals surface area contributed by atoms with Gasteiger partial charge in [-0.1, -0.05) is 43.3 Å². The van der Waals surface area contributed by atoms with Gasteiger partial charge in [-0.2, -0.15) is 0 Å². The van der Waals surface area contributed by atoms with E-state index >= 15 is 0 Å². The monoisotopic (exact) mass is 679 g/mol. The van der Waals surface area contributed by atoms with Crippen LogP contribution in [0.5, 0.6) is 0 Å². The van der Waals surface area contributed by atoms with E-state index in [2.05, 4.69) is 26.3 Å². The zero-order chi connectivity index (χ0) is 35.1. The van der Waals surface area contributed by atoms with Crippen LogP contribution in [0, 0.1) is 11.3 Å². The predicted octanol–water partition coefficient (Wildman–Crippen LogP) is 3.87. The minimum absolute atomic E-state index is 0.0838. The number of nitrogens with one attached hydrogen (secondary N) is 4. The Balaban J connectivity index is 1.16. The molecular formula is C39H49N7O4. The molecule has 6 rings (SSSR count). The fraction of sp³-hybridized carbons (Fsp3) is 0.462. The second-order valence-corrected chi connectivity index (χ2v) is 14.2. The molecule has 0 atom stereocenters. The van der Waals surface area contributed by atoms with E-state index in [0.717, 1.165) is 53.7 Å². The molecule has 0 unspecified atom stereocenters. The van der Waals surface area contributed by atoms with Gasteiger partial charge in [-0.25, -0.2) is 4.98 Å². The normalized spacial score (nSPS) is 17.4. The van der Waals surface area contributed by atoms with Crippen molar-refractivity contribution in [1.29, 1.82) is 0 Å². The first kappa shape index (κ1) is 35.2. The fourth-order valence-electron chi connectivity index (χ4n) is 7.45. The summed E-state index contributed by atoms with van der Waals surface area (Å²) in [5.41, 5.74) is 4.66. The van der Waals surface area contributed by atoms with Crippen molar-refractivity contribution in [2.45, 2.75) is 65.0 Å². The van der Waals surface area contributed by atoms with E-state index in [-0.39, 0.29) is 43.1 Å². The second-order valence-electron chi connectivity index (χ2n) is 14.2. The summed E-state index contributed by atoms with van der Waals surface area (Å²) in [4.78, 5) is 62.0. The van der Waals surface area contributed by atoms with Gasteiger partial charge in [0, 0.05) is 56.3 Å². The van der Waals surface area contributed by atoms with E-state index in [1.165, 1.54) is 0 Å². The lowest BCUT2D eigenvalue weighted by molar-refractivity contribution is -0.149. The van der Waals surface area contributed by atoms with Gasteiger partial charge in [0.1, 0.15) is 12.4 Å². The minimum atomic E-state index is -0.704. The van der Waals surface area contributed by atoms with Crippen molar-refractivity contribution in [3.63, 3.8) is 0 Å². The lowest BCUT2D eigenvalue weighted by Gasteiger charge is -2.41. The first-order chi connectivity index (χ1) is 24.2. The number of hydrogen-bond acceptors (Lipinski definition) is 7. The Labute approximate surface area is 294 Å². The van der Waals surface area contributed by atoms with Crippen LogP contribution in [-0.2, 0) is 45.1 Å². The van der Waals surface area contributed by atoms with E-state index in [1.807, 2.05) is 73.5 Å². The average molecular weight is 680 g/mol. The van der Waals surface area contributed by atoms with Crippen LogP contribution >= 0.6 is 0 Å². The van der Waals surface area contributed by atoms with E-state index in [9.17, 15) is 19.2 Å². The van der Waals surface area contributed by atoms with Crippen LogP contribution in [0.3, 0.4) is 0 Å². The third-order valence-corrected chi connectivity index (χ3v) is 10.5. The molecular weight excluding hydrogens is 630 g/mol. The largest absolute Gasteiger partial charge is 0.343 e. The predicted molar refractivity (Wildman–Crippen MR) is 193 cm³/mol. The highest BCUT2D eigenvalue weighted by atomic mass is 16.2. The third kappa shape index (κ3) is 8.57.